The molecule has 0 aliphatic heterocycles. The number of nitrogens with one attached hydrogen (secondary N) is 3. The minimum Gasteiger partial charge on any atom is -0.344 e. The van der Waals surface area contributed by atoms with Crippen molar-refractivity contribution in [3.63, 3.8) is 0 Å². The second-order valence-electron chi connectivity index (χ2n) is 5.41. The third-order valence-corrected chi connectivity index (χ3v) is 4.08. The Morgan fingerprint density at radius 1 is 1.52 bits per heavy atom. The van der Waals surface area contributed by atoms with E-state index in [2.05, 4.69) is 15.3 Å². The first-order chi connectivity index (χ1) is 10.9. The van der Waals surface area contributed by atoms with Crippen LogP contribution in [0.5, 0.6) is 0 Å². The molecule has 0 atom stereocenters. The van der Waals surface area contributed by atoms with Crippen LogP contribution >= 0.6 is 11.3 Å². The van der Waals surface area contributed by atoms with Crippen LogP contribution in [0.1, 0.15) is 21.1 Å². The van der Waals surface area contributed by atoms with Gasteiger partial charge in [0.25, 0.3) is 11.5 Å². The topological polar surface area (TPSA) is 103 Å². The van der Waals surface area contributed by atoms with Gasteiger partial charge in [0.05, 0.1) is 32.9 Å². The van der Waals surface area contributed by atoms with E-state index in [1.165, 1.54) is 22.3 Å². The molecular weight excluding hydrogens is 314 g/mol. The Labute approximate surface area is 137 Å². The highest BCUT2D eigenvalue weighted by Crippen LogP contribution is 2.24. The van der Waals surface area contributed by atoms with Crippen LogP contribution in [0.2, 0.25) is 0 Å². The summed E-state index contributed by atoms with van der Waals surface area (Å²) in [5.41, 5.74) is 1.44. The zero-order valence-corrected chi connectivity index (χ0v) is 14.0. The quantitative estimate of drug-likeness (QED) is 0.690. The summed E-state index contributed by atoms with van der Waals surface area (Å²) in [4.78, 5) is 31.8. The van der Waals surface area contributed by atoms with Gasteiger partial charge in [0.1, 0.15) is 11.6 Å². The summed E-state index contributed by atoms with van der Waals surface area (Å²) < 4.78 is 0. The molecule has 0 saturated carbocycles. The summed E-state index contributed by atoms with van der Waals surface area (Å²) in [6, 6.07) is 3.35. The van der Waals surface area contributed by atoms with E-state index in [-0.39, 0.29) is 11.5 Å². The fourth-order valence-electron chi connectivity index (χ4n) is 1.98. The number of nitriles is 1. The molecule has 120 valence electrons. The maximum absolute atomic E-state index is 12.1. The zero-order chi connectivity index (χ0) is 17.0. The first-order valence-electron chi connectivity index (χ1n) is 7.09. The number of aromatic nitrogens is 2. The predicted octanol–water partition coefficient (Wildman–Crippen LogP) is -0.447. The maximum atomic E-state index is 12.1. The highest BCUT2D eigenvalue weighted by atomic mass is 32.1. The van der Waals surface area contributed by atoms with E-state index in [0.29, 0.717) is 28.5 Å². The number of likely N-dealkylation sites (N-methyl/N-ethyl adjacent to an activating group) is 1. The van der Waals surface area contributed by atoms with Gasteiger partial charge >= 0.3 is 0 Å². The molecule has 7 nitrogen and oxygen atoms in total. The average Bonchev–Trinajstić information content (AvgIpc) is 2.96. The Morgan fingerprint density at radius 2 is 2.26 bits per heavy atom. The molecule has 1 amide bonds. The number of carbonyl (C=O) groups is 1. The Hall–Kier alpha value is -2.50. The number of carbonyl (C=O) groups excluding carboxylic acids is 1. The van der Waals surface area contributed by atoms with Crippen LogP contribution in [-0.4, -0.2) is 43.1 Å². The number of quaternary nitrogens is 1. The summed E-state index contributed by atoms with van der Waals surface area (Å²) in [6.45, 7) is 3.14. The second kappa shape index (κ2) is 7.17. The molecule has 3 N–H and O–H groups in total. The molecule has 0 radical (unpaired) electrons. The first-order valence-corrected chi connectivity index (χ1v) is 7.97. The van der Waals surface area contributed by atoms with Gasteiger partial charge in [-0.05, 0) is 13.0 Å². The minimum absolute atomic E-state index is 0.0264. The van der Waals surface area contributed by atoms with Gasteiger partial charge in [-0.25, -0.2) is 4.98 Å². The van der Waals surface area contributed by atoms with Crippen molar-refractivity contribution in [3.05, 3.63) is 38.1 Å². The highest BCUT2D eigenvalue weighted by Gasteiger charge is 2.15. The molecule has 0 bridgehead atoms. The number of thiazole rings is 1. The van der Waals surface area contributed by atoms with Crippen LogP contribution < -0.4 is 15.8 Å². The number of hydrogen-bond donors (Lipinski definition) is 3. The molecule has 0 saturated heterocycles. The van der Waals surface area contributed by atoms with E-state index in [4.69, 9.17) is 5.26 Å². The lowest BCUT2D eigenvalue weighted by Crippen LogP contribution is -3.06. The van der Waals surface area contributed by atoms with E-state index in [0.717, 1.165) is 6.54 Å². The molecule has 0 unspecified atom stereocenters. The summed E-state index contributed by atoms with van der Waals surface area (Å²) in [7, 11) is 4.03. The standard InChI is InChI=1S/C15H17N5O2S/c1-9-11(6-10(7-16)13(21)18-9)12-8-23-15(19-12)14(22)17-4-5-20(2)3/h6,8H,4-5H2,1-3H3,(H,17,22)(H,18,21)/p+1. The molecule has 2 rings (SSSR count). The largest absolute Gasteiger partial charge is 0.344 e. The molecule has 8 heteroatoms. The number of rotatable bonds is 5. The van der Waals surface area contributed by atoms with Crippen LogP contribution in [-0.2, 0) is 0 Å². The average molecular weight is 332 g/mol. The van der Waals surface area contributed by atoms with E-state index in [1.807, 2.05) is 20.2 Å². The molecule has 23 heavy (non-hydrogen) atoms. The third kappa shape index (κ3) is 4.03. The van der Waals surface area contributed by atoms with Crippen molar-refractivity contribution in [3.8, 4) is 17.3 Å². The maximum Gasteiger partial charge on any atom is 0.280 e. The summed E-state index contributed by atoms with van der Waals surface area (Å²) in [5, 5.41) is 13.9. The van der Waals surface area contributed by atoms with Crippen LogP contribution in [0.15, 0.2) is 16.2 Å². The number of H-pyrrole nitrogens is 1. The lowest BCUT2D eigenvalue weighted by Gasteiger charge is -2.07. The van der Waals surface area contributed by atoms with Crippen LogP contribution in [0, 0.1) is 18.3 Å². The lowest BCUT2D eigenvalue weighted by atomic mass is 10.1. The van der Waals surface area contributed by atoms with Gasteiger partial charge in [-0.15, -0.1) is 11.3 Å². The fourth-order valence-corrected chi connectivity index (χ4v) is 2.71. The van der Waals surface area contributed by atoms with Crippen molar-refractivity contribution in [2.45, 2.75) is 6.92 Å². The van der Waals surface area contributed by atoms with Crippen molar-refractivity contribution in [1.82, 2.24) is 15.3 Å². The molecule has 0 spiro atoms. The second-order valence-corrected chi connectivity index (χ2v) is 6.27. The van der Waals surface area contributed by atoms with Crippen LogP contribution in [0.4, 0.5) is 0 Å². The molecule has 2 aromatic rings. The van der Waals surface area contributed by atoms with Gasteiger partial charge in [-0.2, -0.15) is 5.26 Å². The summed E-state index contributed by atoms with van der Waals surface area (Å²) in [5.74, 6) is -0.218. The SMILES string of the molecule is Cc1[nH]c(=O)c(C#N)cc1-c1csc(C(=O)NCC[NH+](C)C)n1. The Morgan fingerprint density at radius 3 is 2.91 bits per heavy atom. The van der Waals surface area contributed by atoms with Gasteiger partial charge in [0.15, 0.2) is 5.01 Å². The third-order valence-electron chi connectivity index (χ3n) is 3.24. The summed E-state index contributed by atoms with van der Waals surface area (Å²) in [6.07, 6.45) is 0. The lowest BCUT2D eigenvalue weighted by molar-refractivity contribution is -0.856. The smallest absolute Gasteiger partial charge is 0.280 e. The van der Waals surface area contributed by atoms with E-state index < -0.39 is 5.56 Å². The normalized spacial score (nSPS) is 10.6. The van der Waals surface area contributed by atoms with E-state index in [9.17, 15) is 9.59 Å². The van der Waals surface area contributed by atoms with E-state index in [1.54, 1.807) is 12.3 Å². The molecule has 0 aromatic carbocycles. The molecule has 0 fully saturated rings. The van der Waals surface area contributed by atoms with Crippen molar-refractivity contribution >= 4 is 17.2 Å². The first kappa shape index (κ1) is 16.9. The minimum atomic E-state index is -0.423. The van der Waals surface area contributed by atoms with Gasteiger partial charge in [-0.1, -0.05) is 0 Å². The van der Waals surface area contributed by atoms with E-state index >= 15 is 0 Å². The van der Waals surface area contributed by atoms with Crippen molar-refractivity contribution in [1.29, 1.82) is 5.26 Å². The number of aryl methyl sites for hydroxylation is 1. The number of pyridine rings is 1. The Bertz CT molecular complexity index is 816. The summed E-state index contributed by atoms with van der Waals surface area (Å²) >= 11 is 1.23. The monoisotopic (exact) mass is 332 g/mol. The van der Waals surface area contributed by atoms with Gasteiger partial charge in [0.2, 0.25) is 0 Å². The van der Waals surface area contributed by atoms with Crippen molar-refractivity contribution in [2.75, 3.05) is 27.2 Å². The van der Waals surface area contributed by atoms with Crippen LogP contribution in [0.25, 0.3) is 11.3 Å². The van der Waals surface area contributed by atoms with Crippen molar-refractivity contribution in [2.24, 2.45) is 0 Å². The van der Waals surface area contributed by atoms with Crippen molar-refractivity contribution < 1.29 is 9.69 Å². The molecule has 0 aliphatic rings. The molecular formula is C15H18N5O2S+. The Balaban J connectivity index is 2.21. The zero-order valence-electron chi connectivity index (χ0n) is 13.2. The highest BCUT2D eigenvalue weighted by molar-refractivity contribution is 7.12. The number of nitrogens with zero attached hydrogens (tertiary/aromatic N) is 2. The molecule has 2 heterocycles. The van der Waals surface area contributed by atoms with Gasteiger partial charge in [0, 0.05) is 16.6 Å². The van der Waals surface area contributed by atoms with Gasteiger partial charge < -0.3 is 15.2 Å². The number of aromatic amines is 1. The molecule has 0 aliphatic carbocycles. The predicted molar refractivity (Wildman–Crippen MR) is 87.6 cm³/mol. The van der Waals surface area contributed by atoms with Gasteiger partial charge in [-0.3, -0.25) is 9.59 Å². The molecule has 2 aromatic heterocycles. The fraction of sp³-hybridized carbons (Fsp3) is 0.333. The number of hydrogen-bond acceptors (Lipinski definition) is 5. The number of amides is 1. The van der Waals surface area contributed by atoms with Crippen LogP contribution in [0.3, 0.4) is 0 Å². The Kier molecular flexibility index (Phi) is 5.26.